The zero-order valence-electron chi connectivity index (χ0n) is 10.5. The van der Waals surface area contributed by atoms with Crippen LogP contribution in [0.2, 0.25) is 5.02 Å². The summed E-state index contributed by atoms with van der Waals surface area (Å²) in [5, 5.41) is 11.4. The topological polar surface area (TPSA) is 115 Å². The van der Waals surface area contributed by atoms with Gasteiger partial charge in [0.05, 0.1) is 4.92 Å². The van der Waals surface area contributed by atoms with Crippen molar-refractivity contribution < 1.29 is 13.3 Å². The third kappa shape index (κ3) is 3.41. The first-order valence-electron chi connectivity index (χ1n) is 5.62. The molecule has 9 heteroatoms. The lowest BCUT2D eigenvalue weighted by Crippen LogP contribution is -2.15. The molecule has 110 valence electrons. The van der Waals surface area contributed by atoms with Crippen molar-refractivity contribution in [3.05, 3.63) is 57.6 Å². The highest BCUT2D eigenvalue weighted by Gasteiger charge is 2.26. The Hall–Kier alpha value is -2.32. The summed E-state index contributed by atoms with van der Waals surface area (Å²) < 4.78 is 26.8. The predicted molar refractivity (Wildman–Crippen MR) is 79.8 cm³/mol. The molecule has 0 heterocycles. The van der Waals surface area contributed by atoms with Crippen LogP contribution >= 0.6 is 11.6 Å². The van der Waals surface area contributed by atoms with E-state index in [9.17, 15) is 18.5 Å². The van der Waals surface area contributed by atoms with Crippen molar-refractivity contribution in [3.8, 4) is 0 Å². The maximum Gasteiger partial charge on any atom is 0.290 e. The number of rotatable bonds is 4. The van der Waals surface area contributed by atoms with Crippen molar-refractivity contribution in [2.45, 2.75) is 4.90 Å². The van der Waals surface area contributed by atoms with Gasteiger partial charge in [-0.05, 0) is 36.4 Å². The van der Waals surface area contributed by atoms with Crippen LogP contribution in [0, 0.1) is 10.1 Å². The first kappa shape index (κ1) is 15.1. The van der Waals surface area contributed by atoms with Gasteiger partial charge in [-0.3, -0.25) is 14.8 Å². The molecule has 0 radical (unpaired) electrons. The lowest BCUT2D eigenvalue weighted by atomic mass is 10.3. The molecule has 0 aliphatic carbocycles. The summed E-state index contributed by atoms with van der Waals surface area (Å²) in [7, 11) is -4.14. The fourth-order valence-electron chi connectivity index (χ4n) is 1.62. The third-order valence-electron chi connectivity index (χ3n) is 2.57. The fraction of sp³-hybridized carbons (Fsp3) is 0. The minimum Gasteiger partial charge on any atom is -0.399 e. The quantitative estimate of drug-likeness (QED) is 0.508. The lowest BCUT2D eigenvalue weighted by molar-refractivity contribution is -0.387. The number of hydrogen-bond acceptors (Lipinski definition) is 5. The molecule has 0 atom stereocenters. The highest BCUT2D eigenvalue weighted by molar-refractivity contribution is 7.92. The summed E-state index contributed by atoms with van der Waals surface area (Å²) in [6.07, 6.45) is 0. The molecule has 0 aliphatic heterocycles. The van der Waals surface area contributed by atoms with Gasteiger partial charge in [-0.15, -0.1) is 0 Å². The van der Waals surface area contributed by atoms with Gasteiger partial charge in [0.2, 0.25) is 0 Å². The Labute approximate surface area is 125 Å². The zero-order chi connectivity index (χ0) is 15.6. The van der Waals surface area contributed by atoms with Gasteiger partial charge < -0.3 is 5.73 Å². The number of hydrogen-bond donors (Lipinski definition) is 2. The summed E-state index contributed by atoms with van der Waals surface area (Å²) in [6.45, 7) is 0. The Morgan fingerprint density at radius 2 is 1.76 bits per heavy atom. The van der Waals surface area contributed by atoms with Crippen LogP contribution in [0.25, 0.3) is 0 Å². The summed E-state index contributed by atoms with van der Waals surface area (Å²) in [5.74, 6) is 0. The Balaban J connectivity index is 2.46. The van der Waals surface area contributed by atoms with E-state index < -0.39 is 25.5 Å². The number of nitrogen functional groups attached to an aromatic ring is 1. The molecule has 0 amide bonds. The van der Waals surface area contributed by atoms with Crippen molar-refractivity contribution in [2.24, 2.45) is 0 Å². The van der Waals surface area contributed by atoms with Gasteiger partial charge in [0.25, 0.3) is 15.7 Å². The highest BCUT2D eigenvalue weighted by atomic mass is 35.5. The maximum absolute atomic E-state index is 12.3. The molecule has 0 fully saturated rings. The average Bonchev–Trinajstić information content (AvgIpc) is 2.41. The number of nitrogens with two attached hydrogens (primary N) is 1. The summed E-state index contributed by atoms with van der Waals surface area (Å²) in [5.41, 5.74) is 5.30. The molecule has 7 nitrogen and oxygen atoms in total. The van der Waals surface area contributed by atoms with Crippen molar-refractivity contribution in [1.29, 1.82) is 0 Å². The molecule has 2 aromatic rings. The molecular formula is C12H10ClN3O4S. The standard InChI is InChI=1S/C12H10ClN3O4S/c13-8-1-4-10(5-2-8)15-21(19,20)12-7-9(14)3-6-11(12)16(17)18/h1-7,15H,14H2. The van der Waals surface area contributed by atoms with Crippen LogP contribution in [-0.4, -0.2) is 13.3 Å². The van der Waals surface area contributed by atoms with E-state index in [1.54, 1.807) is 0 Å². The number of halogens is 1. The van der Waals surface area contributed by atoms with Crippen LogP contribution < -0.4 is 10.5 Å². The number of benzene rings is 2. The molecule has 0 aliphatic rings. The van der Waals surface area contributed by atoms with E-state index in [-0.39, 0.29) is 11.4 Å². The molecule has 0 spiro atoms. The first-order chi connectivity index (χ1) is 9.79. The van der Waals surface area contributed by atoms with Gasteiger partial charge in [-0.2, -0.15) is 0 Å². The number of sulfonamides is 1. The monoisotopic (exact) mass is 327 g/mol. The van der Waals surface area contributed by atoms with Gasteiger partial charge in [0.15, 0.2) is 4.90 Å². The van der Waals surface area contributed by atoms with Crippen LogP contribution in [0.3, 0.4) is 0 Å². The Morgan fingerprint density at radius 3 is 2.33 bits per heavy atom. The molecule has 2 rings (SSSR count). The lowest BCUT2D eigenvalue weighted by Gasteiger charge is -2.09. The average molecular weight is 328 g/mol. The first-order valence-corrected chi connectivity index (χ1v) is 7.48. The third-order valence-corrected chi connectivity index (χ3v) is 4.23. The summed E-state index contributed by atoms with van der Waals surface area (Å²) >= 11 is 5.70. The van der Waals surface area contributed by atoms with E-state index >= 15 is 0 Å². The van der Waals surface area contributed by atoms with Gasteiger partial charge in [-0.25, -0.2) is 8.42 Å². The number of nitrogens with zero attached hydrogens (tertiary/aromatic N) is 1. The van der Waals surface area contributed by atoms with Gasteiger partial charge in [0, 0.05) is 22.5 Å². The number of nitrogens with one attached hydrogen (secondary N) is 1. The number of nitro benzene ring substituents is 1. The molecule has 3 N–H and O–H groups in total. The van der Waals surface area contributed by atoms with Crippen LogP contribution in [0.1, 0.15) is 0 Å². The minimum atomic E-state index is -4.14. The van der Waals surface area contributed by atoms with E-state index in [0.717, 1.165) is 12.1 Å². The second-order valence-corrected chi connectivity index (χ2v) is 6.18. The normalized spacial score (nSPS) is 11.1. The van der Waals surface area contributed by atoms with Crippen molar-refractivity contribution in [2.75, 3.05) is 10.5 Å². The molecule has 21 heavy (non-hydrogen) atoms. The van der Waals surface area contributed by atoms with Crippen molar-refractivity contribution >= 4 is 38.7 Å². The second-order valence-electron chi connectivity index (χ2n) is 4.10. The minimum absolute atomic E-state index is 0.108. The Kier molecular flexibility index (Phi) is 4.01. The fourth-order valence-corrected chi connectivity index (χ4v) is 3.02. The van der Waals surface area contributed by atoms with E-state index in [2.05, 4.69) is 4.72 Å². The molecule has 0 saturated carbocycles. The molecule has 0 bridgehead atoms. The molecule has 0 saturated heterocycles. The van der Waals surface area contributed by atoms with E-state index in [0.29, 0.717) is 5.02 Å². The largest absolute Gasteiger partial charge is 0.399 e. The highest BCUT2D eigenvalue weighted by Crippen LogP contribution is 2.28. The smallest absolute Gasteiger partial charge is 0.290 e. The van der Waals surface area contributed by atoms with Crippen LogP contribution in [-0.2, 0) is 10.0 Å². The predicted octanol–water partition coefficient (Wildman–Crippen LogP) is 2.63. The van der Waals surface area contributed by atoms with E-state index in [1.165, 1.54) is 30.3 Å². The summed E-state index contributed by atoms with van der Waals surface area (Å²) in [4.78, 5) is 9.65. The number of nitro groups is 1. The Bertz CT molecular complexity index is 791. The van der Waals surface area contributed by atoms with Gasteiger partial charge in [0.1, 0.15) is 0 Å². The van der Waals surface area contributed by atoms with Crippen LogP contribution in [0.5, 0.6) is 0 Å². The zero-order valence-corrected chi connectivity index (χ0v) is 12.1. The maximum atomic E-state index is 12.3. The summed E-state index contributed by atoms with van der Waals surface area (Å²) in [6, 6.07) is 9.22. The molecule has 0 unspecified atom stereocenters. The van der Waals surface area contributed by atoms with Crippen molar-refractivity contribution in [3.63, 3.8) is 0 Å². The van der Waals surface area contributed by atoms with Gasteiger partial charge in [-0.1, -0.05) is 11.6 Å². The SMILES string of the molecule is Nc1ccc([N+](=O)[O-])c(S(=O)(=O)Nc2ccc(Cl)cc2)c1. The molecule has 0 aromatic heterocycles. The van der Waals surface area contributed by atoms with Gasteiger partial charge >= 0.3 is 0 Å². The molecule has 2 aromatic carbocycles. The van der Waals surface area contributed by atoms with Crippen LogP contribution in [0.4, 0.5) is 17.1 Å². The van der Waals surface area contributed by atoms with Crippen LogP contribution in [0.15, 0.2) is 47.4 Å². The van der Waals surface area contributed by atoms with Crippen molar-refractivity contribution in [1.82, 2.24) is 0 Å². The molecular weight excluding hydrogens is 318 g/mol. The Morgan fingerprint density at radius 1 is 1.14 bits per heavy atom. The number of anilines is 2. The van der Waals surface area contributed by atoms with E-state index in [1.807, 2.05) is 0 Å². The van der Waals surface area contributed by atoms with E-state index in [4.69, 9.17) is 17.3 Å². The second kappa shape index (κ2) is 5.58.